The van der Waals surface area contributed by atoms with E-state index in [1.807, 2.05) is 37.3 Å². The Morgan fingerprint density at radius 2 is 1.67 bits per heavy atom. The van der Waals surface area contributed by atoms with E-state index in [0.29, 0.717) is 13.1 Å². The second-order valence-corrected chi connectivity index (χ2v) is 5.49. The summed E-state index contributed by atoms with van der Waals surface area (Å²) in [7, 11) is 0. The van der Waals surface area contributed by atoms with Crippen molar-refractivity contribution in [1.29, 1.82) is 0 Å². The molecule has 102 valence electrons. The molecule has 1 aromatic carbocycles. The topological polar surface area (TPSA) is 52.5 Å². The Morgan fingerprint density at radius 1 is 1.06 bits per heavy atom. The van der Waals surface area contributed by atoms with Crippen molar-refractivity contribution in [2.75, 3.05) is 13.1 Å². The summed E-state index contributed by atoms with van der Waals surface area (Å²) >= 11 is 0. The van der Waals surface area contributed by atoms with Crippen molar-refractivity contribution in [3.05, 3.63) is 35.9 Å². The highest BCUT2D eigenvalue weighted by atomic mass is 16.3. The average Bonchev–Trinajstić information content (AvgIpc) is 2.29. The van der Waals surface area contributed by atoms with Gasteiger partial charge in [-0.2, -0.15) is 0 Å². The maximum Gasteiger partial charge on any atom is 0.0992 e. The smallest absolute Gasteiger partial charge is 0.0992 e. The number of hydrogen-bond acceptors (Lipinski definition) is 3. The molecule has 0 spiro atoms. The van der Waals surface area contributed by atoms with E-state index in [4.69, 9.17) is 0 Å². The minimum Gasteiger partial charge on any atom is -0.389 e. The molecule has 0 fully saturated rings. The van der Waals surface area contributed by atoms with Crippen LogP contribution in [-0.2, 0) is 5.60 Å². The number of nitrogens with one attached hydrogen (secondary N) is 1. The first kappa shape index (κ1) is 15.2. The van der Waals surface area contributed by atoms with E-state index in [1.54, 1.807) is 6.92 Å². The molecule has 0 aliphatic heterocycles. The molecule has 1 aromatic rings. The third kappa shape index (κ3) is 4.77. The first-order chi connectivity index (χ1) is 8.37. The van der Waals surface area contributed by atoms with Crippen molar-refractivity contribution in [2.45, 2.75) is 44.8 Å². The second kappa shape index (κ2) is 6.32. The van der Waals surface area contributed by atoms with E-state index in [1.165, 1.54) is 0 Å². The zero-order chi connectivity index (χ0) is 13.6. The minimum atomic E-state index is -0.913. The summed E-state index contributed by atoms with van der Waals surface area (Å²) in [5.74, 6) is 0. The van der Waals surface area contributed by atoms with Gasteiger partial charge in [-0.3, -0.25) is 0 Å². The van der Waals surface area contributed by atoms with E-state index in [9.17, 15) is 10.2 Å². The third-order valence-corrected chi connectivity index (χ3v) is 3.16. The van der Waals surface area contributed by atoms with Gasteiger partial charge in [-0.1, -0.05) is 43.7 Å². The molecular formula is C15H25NO2. The van der Waals surface area contributed by atoms with Gasteiger partial charge in [0.05, 0.1) is 11.2 Å². The van der Waals surface area contributed by atoms with Gasteiger partial charge in [0, 0.05) is 13.1 Å². The predicted molar refractivity (Wildman–Crippen MR) is 74.4 cm³/mol. The normalized spacial score (nSPS) is 18.1. The number of benzene rings is 1. The van der Waals surface area contributed by atoms with Crippen molar-refractivity contribution < 1.29 is 10.2 Å². The minimum absolute atomic E-state index is 0.427. The third-order valence-electron chi connectivity index (χ3n) is 3.16. The van der Waals surface area contributed by atoms with Crippen molar-refractivity contribution in [3.63, 3.8) is 0 Å². The molecule has 3 heteroatoms. The Labute approximate surface area is 110 Å². The Balaban J connectivity index is 2.48. The van der Waals surface area contributed by atoms with E-state index in [2.05, 4.69) is 12.2 Å². The van der Waals surface area contributed by atoms with Gasteiger partial charge in [0.2, 0.25) is 0 Å². The lowest BCUT2D eigenvalue weighted by Gasteiger charge is -2.28. The van der Waals surface area contributed by atoms with Crippen LogP contribution < -0.4 is 5.32 Å². The van der Waals surface area contributed by atoms with Crippen LogP contribution in [0.4, 0.5) is 0 Å². The van der Waals surface area contributed by atoms with Crippen LogP contribution in [-0.4, -0.2) is 28.9 Å². The zero-order valence-electron chi connectivity index (χ0n) is 11.6. The van der Waals surface area contributed by atoms with Gasteiger partial charge in [0.25, 0.3) is 0 Å². The molecule has 0 aliphatic rings. The molecular weight excluding hydrogens is 226 g/mol. The largest absolute Gasteiger partial charge is 0.389 e. The molecule has 2 atom stereocenters. The van der Waals surface area contributed by atoms with E-state index in [0.717, 1.165) is 18.4 Å². The average molecular weight is 251 g/mol. The van der Waals surface area contributed by atoms with Crippen molar-refractivity contribution in [2.24, 2.45) is 0 Å². The summed E-state index contributed by atoms with van der Waals surface area (Å²) in [5, 5.41) is 23.6. The summed E-state index contributed by atoms with van der Waals surface area (Å²) in [5.41, 5.74) is -0.738. The maximum atomic E-state index is 10.4. The molecule has 0 saturated heterocycles. The van der Waals surface area contributed by atoms with Gasteiger partial charge < -0.3 is 15.5 Å². The quantitative estimate of drug-likeness (QED) is 0.695. The van der Waals surface area contributed by atoms with Crippen molar-refractivity contribution in [3.8, 4) is 0 Å². The molecule has 0 saturated carbocycles. The van der Waals surface area contributed by atoms with Crippen LogP contribution in [0.25, 0.3) is 0 Å². The SMILES string of the molecule is CCCC(C)(O)CNCC(C)(O)c1ccccc1. The fraction of sp³-hybridized carbons (Fsp3) is 0.600. The Kier molecular flexibility index (Phi) is 5.32. The summed E-state index contributed by atoms with van der Waals surface area (Å²) in [6.45, 7) is 6.57. The van der Waals surface area contributed by atoms with E-state index < -0.39 is 11.2 Å². The lowest BCUT2D eigenvalue weighted by molar-refractivity contribution is 0.0272. The highest BCUT2D eigenvalue weighted by Gasteiger charge is 2.24. The van der Waals surface area contributed by atoms with Gasteiger partial charge in [-0.15, -0.1) is 0 Å². The first-order valence-corrected chi connectivity index (χ1v) is 6.58. The number of hydrogen-bond donors (Lipinski definition) is 3. The lowest BCUT2D eigenvalue weighted by Crippen LogP contribution is -2.43. The highest BCUT2D eigenvalue weighted by molar-refractivity contribution is 5.21. The maximum absolute atomic E-state index is 10.4. The fourth-order valence-electron chi connectivity index (χ4n) is 2.10. The van der Waals surface area contributed by atoms with Crippen molar-refractivity contribution >= 4 is 0 Å². The Morgan fingerprint density at radius 3 is 2.22 bits per heavy atom. The molecule has 0 radical (unpaired) electrons. The molecule has 0 aliphatic carbocycles. The molecule has 0 aromatic heterocycles. The number of aliphatic hydroxyl groups is 2. The lowest BCUT2D eigenvalue weighted by atomic mass is 9.95. The van der Waals surface area contributed by atoms with E-state index >= 15 is 0 Å². The monoisotopic (exact) mass is 251 g/mol. The summed E-state index contributed by atoms with van der Waals surface area (Å²) in [6.07, 6.45) is 1.71. The van der Waals surface area contributed by atoms with Crippen LogP contribution in [0.3, 0.4) is 0 Å². The van der Waals surface area contributed by atoms with Crippen LogP contribution in [0.5, 0.6) is 0 Å². The molecule has 0 amide bonds. The molecule has 2 unspecified atom stereocenters. The van der Waals surface area contributed by atoms with Crippen LogP contribution in [0.2, 0.25) is 0 Å². The zero-order valence-corrected chi connectivity index (χ0v) is 11.6. The molecule has 3 nitrogen and oxygen atoms in total. The second-order valence-electron chi connectivity index (χ2n) is 5.49. The molecule has 0 heterocycles. The molecule has 18 heavy (non-hydrogen) atoms. The predicted octanol–water partition coefficient (Wildman–Crippen LogP) is 2.03. The van der Waals surface area contributed by atoms with Crippen LogP contribution in [0.1, 0.15) is 39.2 Å². The Hall–Kier alpha value is -0.900. The Bertz CT molecular complexity index is 347. The summed E-state index contributed by atoms with van der Waals surface area (Å²) in [6, 6.07) is 9.57. The van der Waals surface area contributed by atoms with E-state index in [-0.39, 0.29) is 0 Å². The molecule has 3 N–H and O–H groups in total. The summed E-state index contributed by atoms with van der Waals surface area (Å²) < 4.78 is 0. The van der Waals surface area contributed by atoms with Gasteiger partial charge in [-0.05, 0) is 25.8 Å². The van der Waals surface area contributed by atoms with Crippen LogP contribution in [0, 0.1) is 0 Å². The van der Waals surface area contributed by atoms with Crippen molar-refractivity contribution in [1.82, 2.24) is 5.32 Å². The highest BCUT2D eigenvalue weighted by Crippen LogP contribution is 2.19. The van der Waals surface area contributed by atoms with Gasteiger partial charge in [0.15, 0.2) is 0 Å². The molecule has 1 rings (SSSR count). The van der Waals surface area contributed by atoms with Gasteiger partial charge in [0.1, 0.15) is 0 Å². The van der Waals surface area contributed by atoms with Gasteiger partial charge >= 0.3 is 0 Å². The number of rotatable bonds is 7. The van der Waals surface area contributed by atoms with Gasteiger partial charge in [-0.25, -0.2) is 0 Å². The van der Waals surface area contributed by atoms with Crippen LogP contribution >= 0.6 is 0 Å². The summed E-state index contributed by atoms with van der Waals surface area (Å²) in [4.78, 5) is 0. The first-order valence-electron chi connectivity index (χ1n) is 6.58. The fourth-order valence-corrected chi connectivity index (χ4v) is 2.10. The van der Waals surface area contributed by atoms with Crippen LogP contribution in [0.15, 0.2) is 30.3 Å². The standard InChI is InChI=1S/C15H25NO2/c1-4-10-14(2,17)11-16-12-15(3,18)13-8-6-5-7-9-13/h5-9,16-18H,4,10-12H2,1-3H3. The molecule has 0 bridgehead atoms.